The van der Waals surface area contributed by atoms with Crippen molar-refractivity contribution < 1.29 is 19.4 Å². The highest BCUT2D eigenvalue weighted by Crippen LogP contribution is 2.35. The largest absolute Gasteiger partial charge is 0.495 e. The summed E-state index contributed by atoms with van der Waals surface area (Å²) < 4.78 is 5.13. The van der Waals surface area contributed by atoms with Crippen LogP contribution >= 0.6 is 11.6 Å². The Balaban J connectivity index is 2.48. The number of anilines is 1. The first kappa shape index (κ1) is 18.1. The molecule has 0 atom stereocenters. The normalized spacial score (nSPS) is 10.2. The van der Waals surface area contributed by atoms with Crippen LogP contribution in [0.15, 0.2) is 30.3 Å². The molecule has 0 spiro atoms. The average molecular weight is 366 g/mol. The van der Waals surface area contributed by atoms with Crippen molar-refractivity contribution in [1.82, 2.24) is 0 Å². The van der Waals surface area contributed by atoms with Crippen molar-refractivity contribution >= 4 is 34.6 Å². The summed E-state index contributed by atoms with van der Waals surface area (Å²) in [5.41, 5.74) is -0.558. The molecule has 2 aromatic carbocycles. The molecular formula is C15H12ClN3O6. The lowest BCUT2D eigenvalue weighted by Gasteiger charge is -2.11. The van der Waals surface area contributed by atoms with Gasteiger partial charge in [0.1, 0.15) is 5.75 Å². The lowest BCUT2D eigenvalue weighted by molar-refractivity contribution is -0.393. The third-order valence-corrected chi connectivity index (χ3v) is 3.68. The smallest absolute Gasteiger partial charge is 0.295 e. The summed E-state index contributed by atoms with van der Waals surface area (Å²) in [5, 5.41) is 23.9. The molecule has 0 aromatic heterocycles. The molecule has 0 aliphatic rings. The number of ether oxygens (including phenoxy) is 1. The van der Waals surface area contributed by atoms with Crippen molar-refractivity contribution in [3.8, 4) is 5.75 Å². The lowest BCUT2D eigenvalue weighted by atomic mass is 10.1. The van der Waals surface area contributed by atoms with Gasteiger partial charge in [-0.2, -0.15) is 0 Å². The fourth-order valence-corrected chi connectivity index (χ4v) is 2.35. The number of carbonyl (C=O) groups excluding carboxylic acids is 1. The third kappa shape index (κ3) is 3.83. The summed E-state index contributed by atoms with van der Waals surface area (Å²) in [6.45, 7) is 1.80. The standard InChI is InChI=1S/C15H12ClN3O6/c1-8-3-4-13(25-2)10(5-8)17-15(20)9-6-11(18(21)22)14(16)12(7-9)19(23)24/h3-7H,1-2H3,(H,17,20). The Morgan fingerprint density at radius 3 is 2.16 bits per heavy atom. The summed E-state index contributed by atoms with van der Waals surface area (Å²) in [6, 6.07) is 6.81. The van der Waals surface area contributed by atoms with E-state index in [0.29, 0.717) is 11.4 Å². The van der Waals surface area contributed by atoms with Gasteiger partial charge in [-0.1, -0.05) is 17.7 Å². The van der Waals surface area contributed by atoms with Gasteiger partial charge in [0, 0.05) is 12.1 Å². The van der Waals surface area contributed by atoms with Crippen LogP contribution in [-0.2, 0) is 0 Å². The number of methoxy groups -OCH3 is 1. The second-order valence-electron chi connectivity index (χ2n) is 5.00. The van der Waals surface area contributed by atoms with Crippen molar-refractivity contribution in [3.05, 3.63) is 66.7 Å². The molecule has 2 aromatic rings. The van der Waals surface area contributed by atoms with E-state index in [1.807, 2.05) is 0 Å². The number of hydrogen-bond donors (Lipinski definition) is 1. The summed E-state index contributed by atoms with van der Waals surface area (Å²) in [7, 11) is 1.41. The first-order valence-electron chi connectivity index (χ1n) is 6.83. The van der Waals surface area contributed by atoms with Crippen LogP contribution in [0.4, 0.5) is 17.1 Å². The quantitative estimate of drug-likeness (QED) is 0.635. The zero-order valence-corrected chi connectivity index (χ0v) is 13.9. The van der Waals surface area contributed by atoms with Crippen LogP contribution in [0.25, 0.3) is 0 Å². The van der Waals surface area contributed by atoms with Gasteiger partial charge in [-0.15, -0.1) is 0 Å². The number of carbonyl (C=O) groups is 1. The van der Waals surface area contributed by atoms with Crippen molar-refractivity contribution in [2.45, 2.75) is 6.92 Å². The van der Waals surface area contributed by atoms with E-state index in [1.54, 1.807) is 25.1 Å². The number of amides is 1. The van der Waals surface area contributed by atoms with Gasteiger partial charge in [0.05, 0.1) is 28.2 Å². The SMILES string of the molecule is COc1ccc(C)cc1NC(=O)c1cc([N+](=O)[O-])c(Cl)c([N+](=O)[O-])c1. The van der Waals surface area contributed by atoms with E-state index < -0.39 is 32.2 Å². The van der Waals surface area contributed by atoms with Gasteiger partial charge < -0.3 is 10.1 Å². The van der Waals surface area contributed by atoms with E-state index >= 15 is 0 Å². The lowest BCUT2D eigenvalue weighted by Crippen LogP contribution is -2.13. The molecule has 1 amide bonds. The fourth-order valence-electron chi connectivity index (χ4n) is 2.10. The maximum Gasteiger partial charge on any atom is 0.295 e. The summed E-state index contributed by atoms with van der Waals surface area (Å²) in [6.07, 6.45) is 0. The number of benzene rings is 2. The zero-order valence-electron chi connectivity index (χ0n) is 13.1. The number of rotatable bonds is 5. The zero-order chi connectivity index (χ0) is 18.7. The van der Waals surface area contributed by atoms with Crippen molar-refractivity contribution in [2.24, 2.45) is 0 Å². The molecule has 0 fully saturated rings. The molecule has 0 heterocycles. The molecule has 0 saturated heterocycles. The molecule has 0 saturated carbocycles. The van der Waals surface area contributed by atoms with Crippen LogP contribution < -0.4 is 10.1 Å². The van der Waals surface area contributed by atoms with E-state index in [0.717, 1.165) is 17.7 Å². The molecule has 0 aliphatic heterocycles. The maximum atomic E-state index is 12.4. The van der Waals surface area contributed by atoms with E-state index in [2.05, 4.69) is 5.32 Å². The predicted molar refractivity (Wildman–Crippen MR) is 90.4 cm³/mol. The molecule has 0 radical (unpaired) electrons. The Bertz CT molecular complexity index is 849. The minimum atomic E-state index is -0.890. The molecule has 2 rings (SSSR count). The Hall–Kier alpha value is -3.20. The average Bonchev–Trinajstić information content (AvgIpc) is 2.54. The van der Waals surface area contributed by atoms with Crippen LogP contribution in [0, 0.1) is 27.2 Å². The monoisotopic (exact) mass is 365 g/mol. The van der Waals surface area contributed by atoms with E-state index in [4.69, 9.17) is 16.3 Å². The number of nitro groups is 2. The maximum absolute atomic E-state index is 12.4. The first-order valence-corrected chi connectivity index (χ1v) is 7.20. The Morgan fingerprint density at radius 1 is 1.12 bits per heavy atom. The van der Waals surface area contributed by atoms with Gasteiger partial charge in [0.25, 0.3) is 17.3 Å². The minimum Gasteiger partial charge on any atom is -0.495 e. The van der Waals surface area contributed by atoms with Crippen LogP contribution in [-0.4, -0.2) is 22.9 Å². The molecule has 1 N–H and O–H groups in total. The predicted octanol–water partition coefficient (Wildman–Crippen LogP) is 3.73. The van der Waals surface area contributed by atoms with Crippen LogP contribution in [0.5, 0.6) is 5.75 Å². The molecule has 0 bridgehead atoms. The van der Waals surface area contributed by atoms with Crippen molar-refractivity contribution in [3.63, 3.8) is 0 Å². The van der Waals surface area contributed by atoms with E-state index in [-0.39, 0.29) is 5.56 Å². The number of nitrogens with one attached hydrogen (secondary N) is 1. The second-order valence-corrected chi connectivity index (χ2v) is 5.38. The van der Waals surface area contributed by atoms with Crippen LogP contribution in [0.3, 0.4) is 0 Å². The number of nitrogens with zero attached hydrogens (tertiary/aromatic N) is 2. The van der Waals surface area contributed by atoms with Crippen LogP contribution in [0.1, 0.15) is 15.9 Å². The third-order valence-electron chi connectivity index (χ3n) is 3.29. The van der Waals surface area contributed by atoms with E-state index in [9.17, 15) is 25.0 Å². The molecule has 0 aliphatic carbocycles. The van der Waals surface area contributed by atoms with Gasteiger partial charge in [0.2, 0.25) is 0 Å². The molecular weight excluding hydrogens is 354 g/mol. The van der Waals surface area contributed by atoms with Gasteiger partial charge in [-0.05, 0) is 24.6 Å². The van der Waals surface area contributed by atoms with Gasteiger partial charge in [-0.3, -0.25) is 25.0 Å². The molecule has 10 heteroatoms. The molecule has 0 unspecified atom stereocenters. The Kier molecular flexibility index (Phi) is 5.18. The highest BCUT2D eigenvalue weighted by molar-refractivity contribution is 6.35. The highest BCUT2D eigenvalue weighted by Gasteiger charge is 2.27. The first-order chi connectivity index (χ1) is 11.7. The second kappa shape index (κ2) is 7.14. The van der Waals surface area contributed by atoms with Crippen LogP contribution in [0.2, 0.25) is 5.02 Å². The summed E-state index contributed by atoms with van der Waals surface area (Å²) >= 11 is 5.67. The minimum absolute atomic E-state index is 0.272. The van der Waals surface area contributed by atoms with Crippen molar-refractivity contribution in [1.29, 1.82) is 0 Å². The van der Waals surface area contributed by atoms with Crippen molar-refractivity contribution in [2.75, 3.05) is 12.4 Å². The summed E-state index contributed by atoms with van der Waals surface area (Å²) in [5.74, 6) is -0.399. The topological polar surface area (TPSA) is 125 Å². The summed E-state index contributed by atoms with van der Waals surface area (Å²) in [4.78, 5) is 32.7. The van der Waals surface area contributed by atoms with Gasteiger partial charge >= 0.3 is 0 Å². The Morgan fingerprint density at radius 2 is 1.68 bits per heavy atom. The van der Waals surface area contributed by atoms with E-state index in [1.165, 1.54) is 7.11 Å². The number of nitro benzene ring substituents is 2. The number of halogens is 1. The molecule has 9 nitrogen and oxygen atoms in total. The highest BCUT2D eigenvalue weighted by atomic mass is 35.5. The van der Waals surface area contributed by atoms with Gasteiger partial charge in [-0.25, -0.2) is 0 Å². The molecule has 130 valence electrons. The van der Waals surface area contributed by atoms with Gasteiger partial charge in [0.15, 0.2) is 5.02 Å². The fraction of sp³-hybridized carbons (Fsp3) is 0.133. The Labute approximate surface area is 146 Å². The molecule has 25 heavy (non-hydrogen) atoms. The number of hydrogen-bond acceptors (Lipinski definition) is 6. The number of aryl methyl sites for hydroxylation is 1.